The molecule has 27 heavy (non-hydrogen) atoms. The van der Waals surface area contributed by atoms with Gasteiger partial charge in [0.05, 0.1) is 11.4 Å². The molecular formula is C21H23FN2O2S. The standard InChI is InChI=1S/C21H23FN2O2S/c1-15-4-3-5-18(12-15)27-14-21(26)24-10-8-23(9-11-24)20-7-6-17(16(2)25)13-19(20)22/h3-7,12-13H,8-11,14H2,1-2H3. The summed E-state index contributed by atoms with van der Waals surface area (Å²) in [5.41, 5.74) is 2.04. The Morgan fingerprint density at radius 3 is 2.44 bits per heavy atom. The highest BCUT2D eigenvalue weighted by Crippen LogP contribution is 2.23. The summed E-state index contributed by atoms with van der Waals surface area (Å²) in [6, 6.07) is 12.7. The molecule has 142 valence electrons. The number of aryl methyl sites for hydroxylation is 1. The normalized spacial score (nSPS) is 14.3. The number of anilines is 1. The number of ketones is 1. The van der Waals surface area contributed by atoms with E-state index in [-0.39, 0.29) is 11.7 Å². The molecule has 1 aliphatic heterocycles. The number of amides is 1. The molecule has 3 rings (SSSR count). The van der Waals surface area contributed by atoms with Crippen molar-refractivity contribution < 1.29 is 14.0 Å². The van der Waals surface area contributed by atoms with Crippen molar-refractivity contribution in [2.75, 3.05) is 36.8 Å². The van der Waals surface area contributed by atoms with E-state index in [0.717, 1.165) is 4.90 Å². The monoisotopic (exact) mass is 386 g/mol. The number of Topliss-reactive ketones (excluding diaryl/α,β-unsaturated/α-hetero) is 1. The highest BCUT2D eigenvalue weighted by atomic mass is 32.2. The Morgan fingerprint density at radius 2 is 1.81 bits per heavy atom. The van der Waals surface area contributed by atoms with Crippen LogP contribution >= 0.6 is 11.8 Å². The largest absolute Gasteiger partial charge is 0.366 e. The van der Waals surface area contributed by atoms with Gasteiger partial charge >= 0.3 is 0 Å². The lowest BCUT2D eigenvalue weighted by molar-refractivity contribution is -0.128. The molecule has 0 N–H and O–H groups in total. The van der Waals surface area contributed by atoms with E-state index < -0.39 is 5.82 Å². The van der Waals surface area contributed by atoms with Crippen molar-refractivity contribution in [1.82, 2.24) is 4.90 Å². The van der Waals surface area contributed by atoms with E-state index in [1.165, 1.54) is 18.6 Å². The highest BCUT2D eigenvalue weighted by molar-refractivity contribution is 8.00. The van der Waals surface area contributed by atoms with Gasteiger partial charge < -0.3 is 9.80 Å². The molecule has 6 heteroatoms. The number of rotatable bonds is 5. The minimum absolute atomic E-state index is 0.105. The van der Waals surface area contributed by atoms with Crippen LogP contribution in [-0.4, -0.2) is 48.5 Å². The maximum atomic E-state index is 14.3. The predicted molar refractivity (Wildman–Crippen MR) is 107 cm³/mol. The van der Waals surface area contributed by atoms with Crippen LogP contribution < -0.4 is 4.90 Å². The van der Waals surface area contributed by atoms with Crippen molar-refractivity contribution in [3.63, 3.8) is 0 Å². The molecule has 0 bridgehead atoms. The summed E-state index contributed by atoms with van der Waals surface area (Å²) < 4.78 is 14.3. The first kappa shape index (κ1) is 19.4. The molecule has 1 heterocycles. The molecule has 0 aliphatic carbocycles. The number of piperazine rings is 1. The van der Waals surface area contributed by atoms with E-state index >= 15 is 0 Å². The summed E-state index contributed by atoms with van der Waals surface area (Å²) in [7, 11) is 0. The van der Waals surface area contributed by atoms with Crippen LogP contribution in [0, 0.1) is 12.7 Å². The first-order chi connectivity index (χ1) is 12.9. The summed E-state index contributed by atoms with van der Waals surface area (Å²) in [6.07, 6.45) is 0. The number of halogens is 1. The van der Waals surface area contributed by atoms with Gasteiger partial charge in [-0.3, -0.25) is 9.59 Å². The third-order valence-corrected chi connectivity index (χ3v) is 5.66. The number of hydrogen-bond acceptors (Lipinski definition) is 4. The van der Waals surface area contributed by atoms with Gasteiger partial charge in [0, 0.05) is 36.6 Å². The molecule has 0 saturated carbocycles. The van der Waals surface area contributed by atoms with Crippen LogP contribution in [0.4, 0.5) is 10.1 Å². The van der Waals surface area contributed by atoms with E-state index in [1.54, 1.807) is 23.9 Å². The number of benzene rings is 2. The number of carbonyl (C=O) groups is 2. The van der Waals surface area contributed by atoms with Gasteiger partial charge in [0.2, 0.25) is 5.91 Å². The Balaban J connectivity index is 1.54. The zero-order valence-electron chi connectivity index (χ0n) is 15.6. The Morgan fingerprint density at radius 1 is 1.07 bits per heavy atom. The fraction of sp³-hybridized carbons (Fsp3) is 0.333. The number of thioether (sulfide) groups is 1. The van der Waals surface area contributed by atoms with E-state index in [2.05, 4.69) is 6.07 Å². The second-order valence-corrected chi connectivity index (χ2v) is 7.74. The quantitative estimate of drug-likeness (QED) is 0.579. The topological polar surface area (TPSA) is 40.6 Å². The van der Waals surface area contributed by atoms with Gasteiger partial charge in [-0.2, -0.15) is 0 Å². The fourth-order valence-electron chi connectivity index (χ4n) is 3.12. The molecule has 1 saturated heterocycles. The summed E-state index contributed by atoms with van der Waals surface area (Å²) >= 11 is 1.54. The summed E-state index contributed by atoms with van der Waals surface area (Å²) in [4.78, 5) is 28.7. The lowest BCUT2D eigenvalue weighted by atomic mass is 10.1. The zero-order valence-corrected chi connectivity index (χ0v) is 16.4. The van der Waals surface area contributed by atoms with E-state index in [9.17, 15) is 14.0 Å². The lowest BCUT2D eigenvalue weighted by Crippen LogP contribution is -2.49. The fourth-order valence-corrected chi connectivity index (χ4v) is 4.04. The number of hydrogen-bond donors (Lipinski definition) is 0. The van der Waals surface area contributed by atoms with Gasteiger partial charge in [-0.25, -0.2) is 4.39 Å². The van der Waals surface area contributed by atoms with Gasteiger partial charge in [0.1, 0.15) is 5.82 Å². The first-order valence-electron chi connectivity index (χ1n) is 8.97. The number of nitrogens with zero attached hydrogens (tertiary/aromatic N) is 2. The van der Waals surface area contributed by atoms with Gasteiger partial charge in [0.15, 0.2) is 5.78 Å². The van der Waals surface area contributed by atoms with Gasteiger partial charge in [-0.1, -0.05) is 17.7 Å². The number of carbonyl (C=O) groups excluding carboxylic acids is 2. The van der Waals surface area contributed by atoms with Crippen LogP contribution in [0.3, 0.4) is 0 Å². The molecule has 1 fully saturated rings. The Labute approximate surface area is 163 Å². The van der Waals surface area contributed by atoms with E-state index in [1.807, 2.05) is 34.9 Å². The Kier molecular flexibility index (Phi) is 6.16. The highest BCUT2D eigenvalue weighted by Gasteiger charge is 2.23. The average molecular weight is 386 g/mol. The molecule has 1 aliphatic rings. The van der Waals surface area contributed by atoms with E-state index in [0.29, 0.717) is 43.2 Å². The third-order valence-electron chi connectivity index (χ3n) is 4.68. The zero-order chi connectivity index (χ0) is 19.4. The van der Waals surface area contributed by atoms with Crippen LogP contribution in [-0.2, 0) is 4.79 Å². The molecule has 2 aromatic carbocycles. The van der Waals surface area contributed by atoms with Crippen molar-refractivity contribution in [3.05, 3.63) is 59.4 Å². The Bertz CT molecular complexity index is 848. The van der Waals surface area contributed by atoms with Gasteiger partial charge in [-0.05, 0) is 44.2 Å². The molecule has 0 atom stereocenters. The Hall–Kier alpha value is -2.34. The summed E-state index contributed by atoms with van der Waals surface area (Å²) in [5.74, 6) is -0.0292. The lowest BCUT2D eigenvalue weighted by Gasteiger charge is -2.36. The van der Waals surface area contributed by atoms with Crippen molar-refractivity contribution in [3.8, 4) is 0 Å². The predicted octanol–water partition coefficient (Wildman–Crippen LogP) is 3.78. The minimum atomic E-state index is -0.391. The second kappa shape index (κ2) is 8.57. The van der Waals surface area contributed by atoms with Crippen LogP contribution in [0.1, 0.15) is 22.8 Å². The average Bonchev–Trinajstić information content (AvgIpc) is 2.66. The van der Waals surface area contributed by atoms with E-state index in [4.69, 9.17) is 0 Å². The summed E-state index contributed by atoms with van der Waals surface area (Å²) in [6.45, 7) is 5.76. The van der Waals surface area contributed by atoms with Crippen molar-refractivity contribution in [2.45, 2.75) is 18.7 Å². The second-order valence-electron chi connectivity index (χ2n) is 6.70. The van der Waals surface area contributed by atoms with Crippen LogP contribution in [0.25, 0.3) is 0 Å². The molecular weight excluding hydrogens is 363 g/mol. The third kappa shape index (κ3) is 4.89. The van der Waals surface area contributed by atoms with Gasteiger partial charge in [-0.15, -0.1) is 11.8 Å². The van der Waals surface area contributed by atoms with Gasteiger partial charge in [0.25, 0.3) is 0 Å². The molecule has 0 spiro atoms. The maximum absolute atomic E-state index is 14.3. The van der Waals surface area contributed by atoms with Crippen LogP contribution in [0.2, 0.25) is 0 Å². The van der Waals surface area contributed by atoms with Crippen LogP contribution in [0.15, 0.2) is 47.4 Å². The molecule has 2 aromatic rings. The first-order valence-corrected chi connectivity index (χ1v) is 9.95. The smallest absolute Gasteiger partial charge is 0.233 e. The summed E-state index contributed by atoms with van der Waals surface area (Å²) in [5, 5.41) is 0. The molecule has 0 aromatic heterocycles. The SMILES string of the molecule is CC(=O)c1ccc(N2CCN(C(=O)CSc3cccc(C)c3)CC2)c(F)c1. The maximum Gasteiger partial charge on any atom is 0.233 e. The molecule has 0 radical (unpaired) electrons. The van der Waals surface area contributed by atoms with Crippen molar-refractivity contribution in [1.29, 1.82) is 0 Å². The molecule has 4 nitrogen and oxygen atoms in total. The molecule has 0 unspecified atom stereocenters. The minimum Gasteiger partial charge on any atom is -0.366 e. The van der Waals surface area contributed by atoms with Crippen molar-refractivity contribution in [2.24, 2.45) is 0 Å². The molecule has 1 amide bonds. The van der Waals surface area contributed by atoms with Crippen LogP contribution in [0.5, 0.6) is 0 Å². The van der Waals surface area contributed by atoms with Crippen molar-refractivity contribution >= 4 is 29.1 Å².